The predicted octanol–water partition coefficient (Wildman–Crippen LogP) is 0.525. The molecule has 0 aromatic carbocycles. The van der Waals surface area contributed by atoms with E-state index in [1.807, 2.05) is 6.92 Å². The molecule has 0 aliphatic carbocycles. The second kappa shape index (κ2) is 2.64. The van der Waals surface area contributed by atoms with E-state index in [2.05, 4.69) is 0 Å². The molecule has 2 aliphatic heterocycles. The zero-order valence-corrected chi connectivity index (χ0v) is 8.13. The second-order valence-electron chi connectivity index (χ2n) is 3.60. The van der Waals surface area contributed by atoms with Crippen molar-refractivity contribution < 1.29 is 14.7 Å². The van der Waals surface area contributed by atoms with E-state index in [0.29, 0.717) is 12.2 Å². The summed E-state index contributed by atoms with van der Waals surface area (Å²) >= 11 is 1.58. The van der Waals surface area contributed by atoms with E-state index >= 15 is 0 Å². The Morgan fingerprint density at radius 3 is 3.08 bits per heavy atom. The Hall–Kier alpha value is -0.710. The van der Waals surface area contributed by atoms with E-state index in [4.69, 9.17) is 5.11 Å². The molecule has 1 amide bonds. The first-order chi connectivity index (χ1) is 6.04. The average Bonchev–Trinajstić information content (AvgIpc) is 2.50. The third-order valence-electron chi connectivity index (χ3n) is 2.73. The zero-order valence-electron chi connectivity index (χ0n) is 7.32. The third kappa shape index (κ3) is 1.14. The minimum atomic E-state index is -0.883. The summed E-state index contributed by atoms with van der Waals surface area (Å²) in [5.41, 5.74) is 0. The quantitative estimate of drug-likeness (QED) is 0.672. The van der Waals surface area contributed by atoms with Crippen LogP contribution >= 0.6 is 11.8 Å². The van der Waals surface area contributed by atoms with Crippen LogP contribution in [0.15, 0.2) is 0 Å². The number of rotatable bonds is 1. The molecule has 0 saturated carbocycles. The van der Waals surface area contributed by atoms with E-state index in [1.54, 1.807) is 16.7 Å². The summed E-state index contributed by atoms with van der Waals surface area (Å²) in [6.45, 7) is 1.95. The number of hydrogen-bond donors (Lipinski definition) is 1. The lowest BCUT2D eigenvalue weighted by Crippen LogP contribution is -2.45. The Morgan fingerprint density at radius 2 is 2.46 bits per heavy atom. The lowest BCUT2D eigenvalue weighted by atomic mass is 10.2. The van der Waals surface area contributed by atoms with Crippen molar-refractivity contribution in [3.8, 4) is 0 Å². The number of carboxylic acids is 1. The number of thioether (sulfide) groups is 1. The molecule has 0 aromatic heterocycles. The van der Waals surface area contributed by atoms with Crippen LogP contribution in [0, 0.1) is 0 Å². The first-order valence-corrected chi connectivity index (χ1v) is 5.22. The van der Waals surface area contributed by atoms with Crippen LogP contribution in [0.25, 0.3) is 0 Å². The molecule has 0 radical (unpaired) electrons. The van der Waals surface area contributed by atoms with Crippen molar-refractivity contribution in [1.82, 2.24) is 4.90 Å². The van der Waals surface area contributed by atoms with Gasteiger partial charge in [-0.25, -0.2) is 4.79 Å². The van der Waals surface area contributed by atoms with Crippen molar-refractivity contribution in [3.05, 3.63) is 0 Å². The maximum Gasteiger partial charge on any atom is 0.327 e. The summed E-state index contributed by atoms with van der Waals surface area (Å²) < 4.78 is 0. The fraction of sp³-hybridized carbons (Fsp3) is 0.750. The Kier molecular flexibility index (Phi) is 1.80. The van der Waals surface area contributed by atoms with Gasteiger partial charge in [0, 0.05) is 12.2 Å². The van der Waals surface area contributed by atoms with Crippen LogP contribution in [-0.2, 0) is 9.59 Å². The van der Waals surface area contributed by atoms with Crippen molar-refractivity contribution in [2.75, 3.05) is 5.75 Å². The standard InChI is InChI=1S/C8H11NO3S/c1-8-3-2-6(10)9(8)5(4-13-8)7(11)12/h5H,2-4H2,1H3,(H,11,12). The second-order valence-corrected chi connectivity index (χ2v) is 5.11. The maximum atomic E-state index is 11.4. The van der Waals surface area contributed by atoms with Crippen molar-refractivity contribution in [1.29, 1.82) is 0 Å². The topological polar surface area (TPSA) is 57.6 Å². The molecule has 2 atom stereocenters. The lowest BCUT2D eigenvalue weighted by Gasteiger charge is -2.28. The van der Waals surface area contributed by atoms with E-state index in [1.165, 1.54) is 0 Å². The van der Waals surface area contributed by atoms with Crippen LogP contribution < -0.4 is 0 Å². The number of carbonyl (C=O) groups excluding carboxylic acids is 1. The molecule has 2 rings (SSSR count). The molecular formula is C8H11NO3S. The summed E-state index contributed by atoms with van der Waals surface area (Å²) in [4.78, 5) is 23.5. The van der Waals surface area contributed by atoms with Gasteiger partial charge < -0.3 is 10.0 Å². The van der Waals surface area contributed by atoms with Gasteiger partial charge >= 0.3 is 5.97 Å². The summed E-state index contributed by atoms with van der Waals surface area (Å²) in [6, 6.07) is -0.606. The highest BCUT2D eigenvalue weighted by Crippen LogP contribution is 2.47. The summed E-state index contributed by atoms with van der Waals surface area (Å²) in [5.74, 6) is -0.372. The van der Waals surface area contributed by atoms with Crippen LogP contribution in [0.5, 0.6) is 0 Å². The van der Waals surface area contributed by atoms with Crippen molar-refractivity contribution in [2.24, 2.45) is 0 Å². The van der Waals surface area contributed by atoms with Gasteiger partial charge in [0.2, 0.25) is 5.91 Å². The SMILES string of the molecule is CC12CCC(=O)N1C(C(=O)O)CS2. The minimum Gasteiger partial charge on any atom is -0.480 e. The molecule has 4 nitrogen and oxygen atoms in total. The largest absolute Gasteiger partial charge is 0.480 e. The molecule has 5 heteroatoms. The molecule has 2 unspecified atom stereocenters. The van der Waals surface area contributed by atoms with Crippen LogP contribution in [-0.4, -0.2) is 38.5 Å². The van der Waals surface area contributed by atoms with E-state index in [-0.39, 0.29) is 10.8 Å². The average molecular weight is 201 g/mol. The van der Waals surface area contributed by atoms with Gasteiger partial charge in [-0.3, -0.25) is 4.79 Å². The fourth-order valence-electron chi connectivity index (χ4n) is 2.00. The highest BCUT2D eigenvalue weighted by Gasteiger charge is 2.52. The molecule has 1 N–H and O–H groups in total. The summed E-state index contributed by atoms with van der Waals surface area (Å²) in [7, 11) is 0. The highest BCUT2D eigenvalue weighted by molar-refractivity contribution is 8.01. The number of fused-ring (bicyclic) bond motifs is 1. The van der Waals surface area contributed by atoms with Gasteiger partial charge in [-0.2, -0.15) is 0 Å². The number of amides is 1. The monoisotopic (exact) mass is 201 g/mol. The number of carboxylic acid groups (broad SMARTS) is 1. The lowest BCUT2D eigenvalue weighted by molar-refractivity contribution is -0.148. The van der Waals surface area contributed by atoms with Crippen molar-refractivity contribution >= 4 is 23.6 Å². The molecule has 2 saturated heterocycles. The normalized spacial score (nSPS) is 38.1. The molecular weight excluding hydrogens is 190 g/mol. The highest BCUT2D eigenvalue weighted by atomic mass is 32.2. The van der Waals surface area contributed by atoms with Crippen LogP contribution in [0.1, 0.15) is 19.8 Å². The van der Waals surface area contributed by atoms with E-state index in [0.717, 1.165) is 6.42 Å². The van der Waals surface area contributed by atoms with Crippen LogP contribution in [0.2, 0.25) is 0 Å². The van der Waals surface area contributed by atoms with Crippen molar-refractivity contribution in [3.63, 3.8) is 0 Å². The van der Waals surface area contributed by atoms with Gasteiger partial charge in [0.05, 0.1) is 4.87 Å². The van der Waals surface area contributed by atoms with Crippen LogP contribution in [0.4, 0.5) is 0 Å². The Bertz CT molecular complexity index is 281. The molecule has 0 spiro atoms. The number of carbonyl (C=O) groups is 2. The third-order valence-corrected chi connectivity index (χ3v) is 4.24. The van der Waals surface area contributed by atoms with Gasteiger partial charge in [-0.1, -0.05) is 0 Å². The molecule has 0 aromatic rings. The molecule has 0 bridgehead atoms. The van der Waals surface area contributed by atoms with Gasteiger partial charge in [-0.05, 0) is 13.3 Å². The Morgan fingerprint density at radius 1 is 1.77 bits per heavy atom. The van der Waals surface area contributed by atoms with Gasteiger partial charge in [-0.15, -0.1) is 11.8 Å². The van der Waals surface area contributed by atoms with Crippen molar-refractivity contribution in [2.45, 2.75) is 30.7 Å². The number of nitrogens with zero attached hydrogens (tertiary/aromatic N) is 1. The molecule has 2 heterocycles. The van der Waals surface area contributed by atoms with E-state index in [9.17, 15) is 9.59 Å². The number of aliphatic carboxylic acids is 1. The zero-order chi connectivity index (χ0) is 9.64. The van der Waals surface area contributed by atoms with E-state index < -0.39 is 12.0 Å². The summed E-state index contributed by atoms with van der Waals surface area (Å²) in [6.07, 6.45) is 1.27. The minimum absolute atomic E-state index is 0.0140. The number of hydrogen-bond acceptors (Lipinski definition) is 3. The van der Waals surface area contributed by atoms with Gasteiger partial charge in [0.1, 0.15) is 6.04 Å². The van der Waals surface area contributed by atoms with Gasteiger partial charge in [0.15, 0.2) is 0 Å². The van der Waals surface area contributed by atoms with Gasteiger partial charge in [0.25, 0.3) is 0 Å². The maximum absolute atomic E-state index is 11.4. The van der Waals surface area contributed by atoms with Crippen LogP contribution in [0.3, 0.4) is 0 Å². The first-order valence-electron chi connectivity index (χ1n) is 4.23. The smallest absolute Gasteiger partial charge is 0.327 e. The Balaban J connectivity index is 2.29. The first kappa shape index (κ1) is 8.87. The Labute approximate surface area is 80.3 Å². The fourth-order valence-corrected chi connectivity index (χ4v) is 3.43. The summed E-state index contributed by atoms with van der Waals surface area (Å²) in [5, 5.41) is 8.89. The predicted molar refractivity (Wildman–Crippen MR) is 48.4 cm³/mol. The molecule has 2 aliphatic rings. The molecule has 72 valence electrons. The molecule has 2 fully saturated rings. The molecule has 13 heavy (non-hydrogen) atoms.